The molecule has 34 heavy (non-hydrogen) atoms. The minimum Gasteiger partial charge on any atom is -0.256 e. The molecule has 0 spiro atoms. The van der Waals surface area contributed by atoms with Crippen molar-refractivity contribution in [3.63, 3.8) is 0 Å². The largest absolute Gasteiger partial charge is 0.256 e. The molecule has 2 heterocycles. The molecular formula is C32H40N2. The zero-order valence-electron chi connectivity index (χ0n) is 22.0. The number of aryl methyl sites for hydroxylation is 3. The van der Waals surface area contributed by atoms with Crippen LogP contribution in [0.25, 0.3) is 32.9 Å². The fourth-order valence-electron chi connectivity index (χ4n) is 4.61. The van der Waals surface area contributed by atoms with Gasteiger partial charge in [-0.1, -0.05) is 71.4 Å². The first-order valence-corrected chi connectivity index (χ1v) is 12.6. The molecule has 0 amide bonds. The number of fused-ring (bicyclic) bond motifs is 1. The quantitative estimate of drug-likeness (QED) is 0.283. The molecule has 0 saturated heterocycles. The smallest absolute Gasteiger partial charge is 0.0786 e. The average Bonchev–Trinajstić information content (AvgIpc) is 2.85. The highest BCUT2D eigenvalue weighted by Gasteiger charge is 2.20. The topological polar surface area (TPSA) is 25.8 Å². The third-order valence-electron chi connectivity index (χ3n) is 6.84. The highest BCUT2D eigenvalue weighted by molar-refractivity contribution is 6.06. The van der Waals surface area contributed by atoms with Gasteiger partial charge >= 0.3 is 0 Å². The summed E-state index contributed by atoms with van der Waals surface area (Å²) in [5.74, 6) is 0. The third-order valence-corrected chi connectivity index (χ3v) is 6.84. The van der Waals surface area contributed by atoms with E-state index in [0.717, 1.165) is 36.0 Å². The lowest BCUT2D eigenvalue weighted by molar-refractivity contribution is 0.398. The molecule has 0 bridgehead atoms. The maximum absolute atomic E-state index is 4.85. The molecular weight excluding hydrogens is 412 g/mol. The molecule has 5 rings (SSSR count). The Morgan fingerprint density at radius 1 is 0.912 bits per heavy atom. The zero-order chi connectivity index (χ0) is 24.9. The van der Waals surface area contributed by atoms with Crippen molar-refractivity contribution < 1.29 is 0 Å². The molecule has 1 aliphatic rings. The normalized spacial score (nSPS) is 12.5. The van der Waals surface area contributed by atoms with Gasteiger partial charge in [-0.3, -0.25) is 9.97 Å². The summed E-state index contributed by atoms with van der Waals surface area (Å²) >= 11 is 0. The van der Waals surface area contributed by atoms with E-state index < -0.39 is 0 Å². The van der Waals surface area contributed by atoms with E-state index in [9.17, 15) is 0 Å². The lowest BCUT2D eigenvalue weighted by Gasteiger charge is -2.21. The second-order valence-corrected chi connectivity index (χ2v) is 10.2. The van der Waals surface area contributed by atoms with Gasteiger partial charge in [-0.2, -0.15) is 0 Å². The van der Waals surface area contributed by atoms with Crippen LogP contribution in [0.1, 0.15) is 69.8 Å². The summed E-state index contributed by atoms with van der Waals surface area (Å²) in [5, 5.41) is 2.62. The van der Waals surface area contributed by atoms with Crippen LogP contribution in [0, 0.1) is 12.3 Å². The molecule has 0 fully saturated rings. The molecule has 2 heteroatoms. The van der Waals surface area contributed by atoms with Crippen LogP contribution < -0.4 is 0 Å². The molecule has 2 nitrogen and oxygen atoms in total. The van der Waals surface area contributed by atoms with Crippen molar-refractivity contribution in [3.8, 4) is 11.1 Å². The lowest BCUT2D eigenvalue weighted by atomic mass is 9.85. The van der Waals surface area contributed by atoms with Crippen molar-refractivity contribution in [1.82, 2.24) is 9.97 Å². The summed E-state index contributed by atoms with van der Waals surface area (Å²) in [4.78, 5) is 9.71. The van der Waals surface area contributed by atoms with Crippen LogP contribution in [0.3, 0.4) is 0 Å². The first-order valence-electron chi connectivity index (χ1n) is 12.6. The van der Waals surface area contributed by atoms with Crippen LogP contribution in [0.5, 0.6) is 0 Å². The summed E-state index contributed by atoms with van der Waals surface area (Å²) in [7, 11) is 0. The van der Waals surface area contributed by atoms with E-state index in [4.69, 9.17) is 9.97 Å². The van der Waals surface area contributed by atoms with Crippen LogP contribution in [0.15, 0.2) is 61.8 Å². The van der Waals surface area contributed by atoms with Crippen LogP contribution >= 0.6 is 0 Å². The van der Waals surface area contributed by atoms with Gasteiger partial charge in [0, 0.05) is 28.2 Å². The molecule has 0 saturated carbocycles. The molecule has 0 N–H and O–H groups in total. The van der Waals surface area contributed by atoms with Crippen LogP contribution in [0.2, 0.25) is 0 Å². The van der Waals surface area contributed by atoms with Gasteiger partial charge in [0.1, 0.15) is 0 Å². The van der Waals surface area contributed by atoms with E-state index in [-0.39, 0.29) is 0 Å². The van der Waals surface area contributed by atoms with Gasteiger partial charge in [-0.25, -0.2) is 0 Å². The number of nitrogens with zero attached hydrogens (tertiary/aromatic N) is 2. The van der Waals surface area contributed by atoms with Crippen molar-refractivity contribution in [2.75, 3.05) is 0 Å². The van der Waals surface area contributed by atoms with Gasteiger partial charge in [0.05, 0.1) is 11.0 Å². The second kappa shape index (κ2) is 11.0. The van der Waals surface area contributed by atoms with Gasteiger partial charge < -0.3 is 0 Å². The maximum Gasteiger partial charge on any atom is 0.0786 e. The van der Waals surface area contributed by atoms with E-state index in [0.29, 0.717) is 5.41 Å². The Labute approximate surface area is 206 Å². The zero-order valence-corrected chi connectivity index (χ0v) is 22.0. The molecule has 0 radical (unpaired) electrons. The monoisotopic (exact) mass is 452 g/mol. The predicted molar refractivity (Wildman–Crippen MR) is 150 cm³/mol. The van der Waals surface area contributed by atoms with Gasteiger partial charge in [-0.05, 0) is 72.4 Å². The Balaban J connectivity index is 0.000000356. The highest BCUT2D eigenvalue weighted by Crippen LogP contribution is 2.39. The van der Waals surface area contributed by atoms with E-state index in [1.54, 1.807) is 0 Å². The molecule has 2 aromatic carbocycles. The first kappa shape index (κ1) is 25.6. The van der Waals surface area contributed by atoms with E-state index >= 15 is 0 Å². The minimum atomic E-state index is 0.542. The number of hydrogen-bond acceptors (Lipinski definition) is 2. The van der Waals surface area contributed by atoms with Crippen molar-refractivity contribution >= 4 is 21.8 Å². The Hall–Kier alpha value is -3.00. The third kappa shape index (κ3) is 5.22. The van der Waals surface area contributed by atoms with Crippen LogP contribution in [-0.4, -0.2) is 9.97 Å². The average molecular weight is 453 g/mol. The Morgan fingerprint density at radius 3 is 2.21 bits per heavy atom. The number of benzene rings is 2. The molecule has 2 aromatic heterocycles. The Bertz CT molecular complexity index is 1270. The van der Waals surface area contributed by atoms with E-state index in [1.165, 1.54) is 51.4 Å². The number of hydrogen-bond donors (Lipinski definition) is 0. The maximum atomic E-state index is 4.85. The minimum absolute atomic E-state index is 0.542. The molecule has 178 valence electrons. The summed E-state index contributed by atoms with van der Waals surface area (Å²) < 4.78 is 0. The van der Waals surface area contributed by atoms with Crippen LogP contribution in [-0.2, 0) is 19.3 Å². The predicted octanol–water partition coefficient (Wildman–Crippen LogP) is 9.05. The molecule has 0 aliphatic heterocycles. The first-order chi connectivity index (χ1) is 16.3. The second-order valence-electron chi connectivity index (χ2n) is 10.2. The summed E-state index contributed by atoms with van der Waals surface area (Å²) in [6.45, 7) is 19.3. The summed E-state index contributed by atoms with van der Waals surface area (Å²) in [6, 6.07) is 15.3. The SMILES string of the molecule is C=C.CCC(C)(C)C.CCc1c(C)nc2ccccc2c1-c1ccc2c3c(ccnc13)CCC2. The Kier molecular flexibility index (Phi) is 8.25. The fourth-order valence-corrected chi connectivity index (χ4v) is 4.61. The molecule has 4 aromatic rings. The lowest BCUT2D eigenvalue weighted by Crippen LogP contribution is -2.04. The molecule has 1 aliphatic carbocycles. The van der Waals surface area contributed by atoms with Gasteiger partial charge in [0.15, 0.2) is 0 Å². The summed E-state index contributed by atoms with van der Waals surface area (Å²) in [6.07, 6.45) is 7.79. The number of rotatable bonds is 2. The van der Waals surface area contributed by atoms with E-state index in [2.05, 4.69) is 97.2 Å². The van der Waals surface area contributed by atoms with Crippen molar-refractivity contribution in [3.05, 3.63) is 84.2 Å². The highest BCUT2D eigenvalue weighted by atomic mass is 14.7. The van der Waals surface area contributed by atoms with E-state index in [1.807, 2.05) is 6.20 Å². The Morgan fingerprint density at radius 2 is 1.56 bits per heavy atom. The number of pyridine rings is 2. The van der Waals surface area contributed by atoms with Crippen molar-refractivity contribution in [2.45, 2.75) is 73.6 Å². The van der Waals surface area contributed by atoms with Gasteiger partial charge in [0.2, 0.25) is 0 Å². The fraction of sp³-hybridized carbons (Fsp3) is 0.375. The van der Waals surface area contributed by atoms with Gasteiger partial charge in [0.25, 0.3) is 0 Å². The standard InChI is InChI=1S/C24H22N2.C6H14.C2H4/c1-3-18-15(2)26-21-10-5-4-9-19(21)23(18)20-12-11-16-7-6-8-17-13-14-25-24(20)22(16)17;1-5-6(2,3)4;1-2/h4-5,9-14H,3,6-8H2,1-2H3;5H2,1-4H3;1-2H2. The number of aromatic nitrogens is 2. The van der Waals surface area contributed by atoms with Gasteiger partial charge in [-0.15, -0.1) is 13.2 Å². The number of para-hydroxylation sites is 1. The van der Waals surface area contributed by atoms with Crippen molar-refractivity contribution in [2.24, 2.45) is 5.41 Å². The summed E-state index contributed by atoms with van der Waals surface area (Å²) in [5.41, 5.74) is 10.7. The molecule has 0 unspecified atom stereocenters. The van der Waals surface area contributed by atoms with Crippen molar-refractivity contribution in [1.29, 1.82) is 0 Å². The van der Waals surface area contributed by atoms with Crippen LogP contribution in [0.4, 0.5) is 0 Å². The molecule has 0 atom stereocenters.